The van der Waals surface area contributed by atoms with E-state index in [1.165, 1.54) is 5.69 Å². The van der Waals surface area contributed by atoms with Crippen LogP contribution in [0.1, 0.15) is 0 Å². The zero-order valence-corrected chi connectivity index (χ0v) is 9.18. The van der Waals surface area contributed by atoms with Gasteiger partial charge in [-0.1, -0.05) is 0 Å². The maximum absolute atomic E-state index is 4.27. The van der Waals surface area contributed by atoms with E-state index in [4.69, 9.17) is 0 Å². The molecule has 0 spiro atoms. The molecule has 1 aliphatic heterocycles. The quantitative estimate of drug-likeness (QED) is 0.741. The Morgan fingerprint density at radius 3 is 2.93 bits per heavy atom. The molecule has 0 atom stereocenters. The zero-order valence-electron chi connectivity index (χ0n) is 8.36. The highest BCUT2D eigenvalue weighted by atomic mass is 32.2. The second-order valence-electron chi connectivity index (χ2n) is 3.29. The summed E-state index contributed by atoms with van der Waals surface area (Å²) >= 11 is 1.69. The lowest BCUT2D eigenvalue weighted by Gasteiger charge is -2.29. The molecular weight excluding hydrogens is 194 g/mol. The van der Waals surface area contributed by atoms with Crippen LogP contribution < -0.4 is 10.2 Å². The molecule has 0 aliphatic carbocycles. The average Bonchev–Trinajstić information content (AvgIpc) is 2.30. The maximum Gasteiger partial charge on any atom is 0.0977 e. The standard InChI is InChI=1S/C10H15N3S/c1-14-10-8-9(2-3-12-10)13-6-4-11-5-7-13/h2-3,8,11H,4-7H2,1H3. The van der Waals surface area contributed by atoms with Crippen LogP contribution >= 0.6 is 11.8 Å². The number of pyridine rings is 1. The van der Waals surface area contributed by atoms with Gasteiger partial charge in [0.05, 0.1) is 5.03 Å². The Kier molecular flexibility index (Phi) is 3.26. The minimum absolute atomic E-state index is 1.08. The van der Waals surface area contributed by atoms with E-state index in [-0.39, 0.29) is 0 Å². The summed E-state index contributed by atoms with van der Waals surface area (Å²) in [7, 11) is 0. The van der Waals surface area contributed by atoms with Gasteiger partial charge in [0.25, 0.3) is 0 Å². The molecule has 1 aliphatic rings. The highest BCUT2D eigenvalue weighted by Gasteiger charge is 2.10. The summed E-state index contributed by atoms with van der Waals surface area (Å²) in [5.74, 6) is 0. The molecule has 14 heavy (non-hydrogen) atoms. The van der Waals surface area contributed by atoms with Gasteiger partial charge < -0.3 is 10.2 Å². The molecule has 1 saturated heterocycles. The fraction of sp³-hybridized carbons (Fsp3) is 0.500. The van der Waals surface area contributed by atoms with Crippen molar-refractivity contribution in [3.63, 3.8) is 0 Å². The maximum atomic E-state index is 4.27. The van der Waals surface area contributed by atoms with Crippen molar-refractivity contribution in [3.05, 3.63) is 18.3 Å². The number of thioether (sulfide) groups is 1. The number of hydrogen-bond donors (Lipinski definition) is 1. The van der Waals surface area contributed by atoms with E-state index in [2.05, 4.69) is 33.6 Å². The van der Waals surface area contributed by atoms with Gasteiger partial charge >= 0.3 is 0 Å². The minimum Gasteiger partial charge on any atom is -0.369 e. The summed E-state index contributed by atoms with van der Waals surface area (Å²) < 4.78 is 0. The number of anilines is 1. The molecule has 1 N–H and O–H groups in total. The van der Waals surface area contributed by atoms with Gasteiger partial charge in [-0.3, -0.25) is 0 Å². The summed E-state index contributed by atoms with van der Waals surface area (Å²) in [6.45, 7) is 4.35. The smallest absolute Gasteiger partial charge is 0.0977 e. The topological polar surface area (TPSA) is 28.2 Å². The number of piperazine rings is 1. The van der Waals surface area contributed by atoms with E-state index in [1.54, 1.807) is 11.8 Å². The predicted octanol–water partition coefficient (Wildman–Crippen LogP) is 1.21. The molecule has 3 nitrogen and oxygen atoms in total. The Balaban J connectivity index is 2.13. The molecule has 2 rings (SSSR count). The number of hydrogen-bond acceptors (Lipinski definition) is 4. The minimum atomic E-state index is 1.08. The third-order valence-electron chi connectivity index (χ3n) is 2.41. The molecule has 0 amide bonds. The normalized spacial score (nSPS) is 17.1. The number of nitrogens with one attached hydrogen (secondary N) is 1. The zero-order chi connectivity index (χ0) is 9.80. The van der Waals surface area contributed by atoms with Crippen LogP contribution in [0.5, 0.6) is 0 Å². The largest absolute Gasteiger partial charge is 0.369 e. The SMILES string of the molecule is CSc1cc(N2CCNCC2)ccn1. The van der Waals surface area contributed by atoms with Crippen molar-refractivity contribution in [1.82, 2.24) is 10.3 Å². The third-order valence-corrected chi connectivity index (χ3v) is 3.05. The average molecular weight is 209 g/mol. The summed E-state index contributed by atoms with van der Waals surface area (Å²) in [6.07, 6.45) is 3.95. The summed E-state index contributed by atoms with van der Waals surface area (Å²) in [6, 6.07) is 4.25. The third kappa shape index (κ3) is 2.19. The molecule has 1 aromatic rings. The van der Waals surface area contributed by atoms with Crippen molar-refractivity contribution in [2.24, 2.45) is 0 Å². The first-order valence-corrected chi connectivity index (χ1v) is 6.08. The Labute approximate surface area is 88.9 Å². The van der Waals surface area contributed by atoms with Gasteiger partial charge in [0, 0.05) is 38.1 Å². The van der Waals surface area contributed by atoms with Crippen LogP contribution in [0.25, 0.3) is 0 Å². The van der Waals surface area contributed by atoms with Gasteiger partial charge in [-0.25, -0.2) is 4.98 Å². The fourth-order valence-corrected chi connectivity index (χ4v) is 2.04. The molecule has 76 valence electrons. The lowest BCUT2D eigenvalue weighted by molar-refractivity contribution is 0.588. The number of aromatic nitrogens is 1. The van der Waals surface area contributed by atoms with Gasteiger partial charge in [0.15, 0.2) is 0 Å². The van der Waals surface area contributed by atoms with E-state index in [1.807, 2.05) is 6.20 Å². The molecule has 2 heterocycles. The van der Waals surface area contributed by atoms with Crippen LogP contribution in [0.2, 0.25) is 0 Å². The van der Waals surface area contributed by atoms with Crippen molar-refractivity contribution >= 4 is 17.4 Å². The summed E-state index contributed by atoms with van der Waals surface area (Å²) in [4.78, 5) is 6.67. The van der Waals surface area contributed by atoms with Crippen LogP contribution in [0.4, 0.5) is 5.69 Å². The summed E-state index contributed by atoms with van der Waals surface area (Å²) in [5.41, 5.74) is 1.30. The van der Waals surface area contributed by atoms with Crippen molar-refractivity contribution in [1.29, 1.82) is 0 Å². The Bertz CT molecular complexity index is 297. The van der Waals surface area contributed by atoms with Gasteiger partial charge in [0.2, 0.25) is 0 Å². The molecule has 1 aromatic heterocycles. The highest BCUT2D eigenvalue weighted by Crippen LogP contribution is 2.19. The monoisotopic (exact) mass is 209 g/mol. The van der Waals surface area contributed by atoms with Crippen molar-refractivity contribution in [2.75, 3.05) is 37.3 Å². The van der Waals surface area contributed by atoms with Crippen LogP contribution in [0.15, 0.2) is 23.4 Å². The molecule has 0 bridgehead atoms. The van der Waals surface area contributed by atoms with E-state index in [0.29, 0.717) is 0 Å². The van der Waals surface area contributed by atoms with Gasteiger partial charge in [-0.05, 0) is 18.4 Å². The number of nitrogens with zero attached hydrogens (tertiary/aromatic N) is 2. The molecule has 0 unspecified atom stereocenters. The lowest BCUT2D eigenvalue weighted by Crippen LogP contribution is -2.43. The number of rotatable bonds is 2. The first-order chi connectivity index (χ1) is 6.90. The lowest BCUT2D eigenvalue weighted by atomic mass is 10.3. The van der Waals surface area contributed by atoms with Crippen molar-refractivity contribution < 1.29 is 0 Å². The molecule has 0 radical (unpaired) electrons. The van der Waals surface area contributed by atoms with Crippen LogP contribution in [-0.4, -0.2) is 37.4 Å². The second kappa shape index (κ2) is 4.66. The first-order valence-electron chi connectivity index (χ1n) is 4.86. The van der Waals surface area contributed by atoms with Gasteiger partial charge in [0.1, 0.15) is 0 Å². The van der Waals surface area contributed by atoms with Crippen LogP contribution in [-0.2, 0) is 0 Å². The van der Waals surface area contributed by atoms with Crippen LogP contribution in [0.3, 0.4) is 0 Å². The van der Waals surface area contributed by atoms with Gasteiger partial charge in [-0.15, -0.1) is 11.8 Å². The molecule has 4 heteroatoms. The van der Waals surface area contributed by atoms with E-state index in [0.717, 1.165) is 31.2 Å². The first kappa shape index (κ1) is 9.80. The highest BCUT2D eigenvalue weighted by molar-refractivity contribution is 7.98. The molecule has 0 aromatic carbocycles. The Morgan fingerprint density at radius 2 is 2.21 bits per heavy atom. The fourth-order valence-electron chi connectivity index (χ4n) is 1.63. The van der Waals surface area contributed by atoms with Crippen molar-refractivity contribution in [3.8, 4) is 0 Å². The Hall–Kier alpha value is -0.740. The second-order valence-corrected chi connectivity index (χ2v) is 4.12. The Morgan fingerprint density at radius 1 is 1.43 bits per heavy atom. The van der Waals surface area contributed by atoms with Crippen LogP contribution in [0, 0.1) is 0 Å². The predicted molar refractivity (Wildman–Crippen MR) is 61.1 cm³/mol. The van der Waals surface area contributed by atoms with E-state index < -0.39 is 0 Å². The molecular formula is C10H15N3S. The molecule has 1 fully saturated rings. The van der Waals surface area contributed by atoms with E-state index >= 15 is 0 Å². The molecule has 0 saturated carbocycles. The van der Waals surface area contributed by atoms with E-state index in [9.17, 15) is 0 Å². The summed E-state index contributed by atoms with van der Waals surface area (Å²) in [5, 5.41) is 4.45. The van der Waals surface area contributed by atoms with Crippen molar-refractivity contribution in [2.45, 2.75) is 5.03 Å². The van der Waals surface area contributed by atoms with Gasteiger partial charge in [-0.2, -0.15) is 0 Å².